The Hall–Kier alpha value is -1.62. The lowest BCUT2D eigenvalue weighted by Gasteiger charge is -2.22. The van der Waals surface area contributed by atoms with Gasteiger partial charge in [-0.05, 0) is 25.0 Å². The van der Waals surface area contributed by atoms with Gasteiger partial charge in [-0.2, -0.15) is 0 Å². The Kier molecular flexibility index (Phi) is 7.15. The van der Waals surface area contributed by atoms with E-state index >= 15 is 0 Å². The van der Waals surface area contributed by atoms with E-state index in [0.29, 0.717) is 18.7 Å². The first-order valence-electron chi connectivity index (χ1n) is 7.24. The molecule has 0 atom stereocenters. The number of nitro benzene ring substituents is 1. The molecule has 5 nitrogen and oxygen atoms in total. The van der Waals surface area contributed by atoms with Gasteiger partial charge in [0.05, 0.1) is 4.92 Å². The van der Waals surface area contributed by atoms with Gasteiger partial charge in [0, 0.05) is 24.7 Å². The smallest absolute Gasteiger partial charge is 0.288 e. The van der Waals surface area contributed by atoms with E-state index in [9.17, 15) is 14.9 Å². The highest BCUT2D eigenvalue weighted by atomic mass is 35.5. The molecule has 0 spiro atoms. The fraction of sp³-hybridized carbons (Fsp3) is 0.533. The molecular formula is C15H21ClN2O3. The van der Waals surface area contributed by atoms with E-state index in [-0.39, 0.29) is 16.6 Å². The largest absolute Gasteiger partial charge is 0.339 e. The maximum absolute atomic E-state index is 12.5. The average molecular weight is 313 g/mol. The van der Waals surface area contributed by atoms with Crippen LogP contribution in [0.5, 0.6) is 0 Å². The summed E-state index contributed by atoms with van der Waals surface area (Å²) in [5.41, 5.74) is 0.0896. The molecule has 21 heavy (non-hydrogen) atoms. The van der Waals surface area contributed by atoms with Crippen LogP contribution >= 0.6 is 11.6 Å². The highest BCUT2D eigenvalue weighted by molar-refractivity contribution is 6.32. The van der Waals surface area contributed by atoms with Gasteiger partial charge in [-0.3, -0.25) is 14.9 Å². The van der Waals surface area contributed by atoms with Crippen molar-refractivity contribution < 1.29 is 9.72 Å². The summed E-state index contributed by atoms with van der Waals surface area (Å²) in [5, 5.41) is 11.0. The zero-order valence-electron chi connectivity index (χ0n) is 12.5. The lowest BCUT2D eigenvalue weighted by atomic mass is 10.1. The lowest BCUT2D eigenvalue weighted by Crippen LogP contribution is -2.33. The van der Waals surface area contributed by atoms with Crippen LogP contribution < -0.4 is 0 Å². The first kappa shape index (κ1) is 17.4. The number of nitrogens with zero attached hydrogens (tertiary/aromatic N) is 2. The molecule has 1 amide bonds. The van der Waals surface area contributed by atoms with Crippen LogP contribution in [-0.4, -0.2) is 28.8 Å². The standard InChI is InChI=1S/C15H21ClN2O3/c1-3-5-9-17(10-6-4-2)15(19)12-7-8-13(16)14(11-12)18(20)21/h7-8,11H,3-6,9-10H2,1-2H3. The number of carbonyl (C=O) groups is 1. The minimum absolute atomic E-state index is 0.0465. The molecule has 0 saturated heterocycles. The molecule has 0 fully saturated rings. The molecule has 0 aliphatic carbocycles. The number of rotatable bonds is 8. The van der Waals surface area contributed by atoms with Crippen LogP contribution in [0.15, 0.2) is 18.2 Å². The SMILES string of the molecule is CCCCN(CCCC)C(=O)c1ccc(Cl)c([N+](=O)[O-])c1. The molecular weight excluding hydrogens is 292 g/mol. The van der Waals surface area contributed by atoms with E-state index in [1.807, 2.05) is 0 Å². The molecule has 0 unspecified atom stereocenters. The number of benzene rings is 1. The van der Waals surface area contributed by atoms with E-state index in [4.69, 9.17) is 11.6 Å². The van der Waals surface area contributed by atoms with E-state index in [1.165, 1.54) is 12.1 Å². The zero-order chi connectivity index (χ0) is 15.8. The number of halogens is 1. The third-order valence-corrected chi connectivity index (χ3v) is 3.56. The fourth-order valence-electron chi connectivity index (χ4n) is 1.98. The number of hydrogen-bond donors (Lipinski definition) is 0. The molecule has 0 saturated carbocycles. The minimum atomic E-state index is -0.568. The zero-order valence-corrected chi connectivity index (χ0v) is 13.2. The molecule has 0 heterocycles. The predicted molar refractivity (Wildman–Crippen MR) is 83.8 cm³/mol. The van der Waals surface area contributed by atoms with E-state index in [1.54, 1.807) is 11.0 Å². The van der Waals surface area contributed by atoms with Gasteiger partial charge in [0.2, 0.25) is 0 Å². The highest BCUT2D eigenvalue weighted by Crippen LogP contribution is 2.25. The van der Waals surface area contributed by atoms with Gasteiger partial charge in [0.1, 0.15) is 5.02 Å². The molecule has 0 radical (unpaired) electrons. The molecule has 116 valence electrons. The summed E-state index contributed by atoms with van der Waals surface area (Å²) < 4.78 is 0. The van der Waals surface area contributed by atoms with Crippen molar-refractivity contribution in [3.63, 3.8) is 0 Å². The fourth-order valence-corrected chi connectivity index (χ4v) is 2.17. The van der Waals surface area contributed by atoms with Gasteiger partial charge in [0.25, 0.3) is 11.6 Å². The van der Waals surface area contributed by atoms with Gasteiger partial charge in [-0.1, -0.05) is 38.3 Å². The van der Waals surface area contributed by atoms with Crippen LogP contribution in [0.2, 0.25) is 5.02 Å². The molecule has 0 bridgehead atoms. The van der Waals surface area contributed by atoms with Crippen molar-refractivity contribution in [2.45, 2.75) is 39.5 Å². The van der Waals surface area contributed by atoms with Crippen molar-refractivity contribution in [3.05, 3.63) is 38.9 Å². The van der Waals surface area contributed by atoms with E-state index in [0.717, 1.165) is 25.7 Å². The summed E-state index contributed by atoms with van der Waals surface area (Å²) in [4.78, 5) is 24.6. The lowest BCUT2D eigenvalue weighted by molar-refractivity contribution is -0.384. The number of hydrogen-bond acceptors (Lipinski definition) is 3. The third kappa shape index (κ3) is 5.01. The van der Waals surface area contributed by atoms with Crippen molar-refractivity contribution in [2.24, 2.45) is 0 Å². The molecule has 0 aliphatic rings. The summed E-state index contributed by atoms with van der Waals surface area (Å²) in [6, 6.07) is 4.21. The van der Waals surface area contributed by atoms with Crippen molar-refractivity contribution in [1.82, 2.24) is 4.90 Å². The Morgan fingerprint density at radius 3 is 2.29 bits per heavy atom. The Balaban J connectivity index is 2.96. The van der Waals surface area contributed by atoms with Gasteiger partial charge in [-0.15, -0.1) is 0 Å². The van der Waals surface area contributed by atoms with Gasteiger partial charge in [0.15, 0.2) is 0 Å². The Morgan fingerprint density at radius 2 is 1.81 bits per heavy atom. The second-order valence-electron chi connectivity index (χ2n) is 4.92. The number of amides is 1. The summed E-state index contributed by atoms with van der Waals surface area (Å²) in [5.74, 6) is -0.170. The van der Waals surface area contributed by atoms with Crippen molar-refractivity contribution in [1.29, 1.82) is 0 Å². The summed E-state index contributed by atoms with van der Waals surface area (Å²) in [7, 11) is 0. The van der Waals surface area contributed by atoms with Crippen molar-refractivity contribution >= 4 is 23.2 Å². The Bertz CT molecular complexity index is 498. The summed E-state index contributed by atoms with van der Waals surface area (Å²) in [6.45, 7) is 5.47. The number of unbranched alkanes of at least 4 members (excludes halogenated alkanes) is 2. The van der Waals surface area contributed by atoms with Crippen LogP contribution in [-0.2, 0) is 0 Å². The molecule has 0 N–H and O–H groups in total. The predicted octanol–water partition coefficient (Wildman–Crippen LogP) is 4.29. The second kappa shape index (κ2) is 8.62. The summed E-state index contributed by atoms with van der Waals surface area (Å²) in [6.07, 6.45) is 3.84. The van der Waals surface area contributed by atoms with E-state index in [2.05, 4.69) is 13.8 Å². The Labute approximate surface area is 130 Å². The molecule has 6 heteroatoms. The molecule has 1 aromatic rings. The van der Waals surface area contributed by atoms with Crippen LogP contribution in [0.25, 0.3) is 0 Å². The number of nitro groups is 1. The van der Waals surface area contributed by atoms with Crippen LogP contribution in [0.3, 0.4) is 0 Å². The molecule has 1 rings (SSSR count). The maximum atomic E-state index is 12.5. The third-order valence-electron chi connectivity index (χ3n) is 3.24. The molecule has 0 aliphatic heterocycles. The average Bonchev–Trinajstić information content (AvgIpc) is 2.47. The quantitative estimate of drug-likeness (QED) is 0.531. The van der Waals surface area contributed by atoms with Crippen molar-refractivity contribution in [2.75, 3.05) is 13.1 Å². The van der Waals surface area contributed by atoms with Gasteiger partial charge < -0.3 is 4.90 Å². The van der Waals surface area contributed by atoms with Gasteiger partial charge in [-0.25, -0.2) is 0 Å². The Morgan fingerprint density at radius 1 is 1.24 bits per heavy atom. The van der Waals surface area contributed by atoms with Gasteiger partial charge >= 0.3 is 0 Å². The van der Waals surface area contributed by atoms with Crippen LogP contribution in [0.4, 0.5) is 5.69 Å². The topological polar surface area (TPSA) is 63.5 Å². The molecule has 0 aromatic heterocycles. The van der Waals surface area contributed by atoms with Crippen LogP contribution in [0, 0.1) is 10.1 Å². The van der Waals surface area contributed by atoms with E-state index < -0.39 is 4.92 Å². The minimum Gasteiger partial charge on any atom is -0.339 e. The monoisotopic (exact) mass is 312 g/mol. The maximum Gasteiger partial charge on any atom is 0.288 e. The normalized spacial score (nSPS) is 10.4. The van der Waals surface area contributed by atoms with Crippen LogP contribution in [0.1, 0.15) is 49.9 Å². The highest BCUT2D eigenvalue weighted by Gasteiger charge is 2.20. The first-order valence-corrected chi connectivity index (χ1v) is 7.62. The van der Waals surface area contributed by atoms with Crippen molar-refractivity contribution in [3.8, 4) is 0 Å². The summed E-state index contributed by atoms with van der Waals surface area (Å²) >= 11 is 5.78. The second-order valence-corrected chi connectivity index (χ2v) is 5.33. The molecule has 1 aromatic carbocycles. The number of carbonyl (C=O) groups excluding carboxylic acids is 1. The first-order chi connectivity index (χ1) is 10.0.